The van der Waals surface area contributed by atoms with Crippen LogP contribution in [0.4, 0.5) is 0 Å². The third-order valence-corrected chi connectivity index (χ3v) is 4.11. The Morgan fingerprint density at radius 2 is 2.06 bits per heavy atom. The lowest BCUT2D eigenvalue weighted by Crippen LogP contribution is -2.52. The third-order valence-electron chi connectivity index (χ3n) is 4.11. The highest BCUT2D eigenvalue weighted by molar-refractivity contribution is 5.33. The van der Waals surface area contributed by atoms with Crippen LogP contribution >= 0.6 is 0 Å². The Balaban J connectivity index is 2.38. The van der Waals surface area contributed by atoms with Gasteiger partial charge >= 0.3 is 0 Å². The maximum absolute atomic E-state index is 11.1. The second-order valence-electron chi connectivity index (χ2n) is 5.14. The number of hydrogen-bond acceptors (Lipinski definition) is 2. The highest BCUT2D eigenvalue weighted by Crippen LogP contribution is 2.57. The first-order chi connectivity index (χ1) is 7.97. The van der Waals surface area contributed by atoms with E-state index in [4.69, 9.17) is 0 Å². The van der Waals surface area contributed by atoms with Crippen molar-refractivity contribution in [3.05, 3.63) is 58.2 Å². The minimum absolute atomic E-state index is 0.0452. The molecule has 1 aliphatic rings. The molecule has 1 aromatic carbocycles. The van der Waals surface area contributed by atoms with Gasteiger partial charge in [-0.25, -0.2) is 0 Å². The van der Waals surface area contributed by atoms with Gasteiger partial charge in [-0.3, -0.25) is 10.1 Å². The molecule has 2 rings (SSSR count). The van der Waals surface area contributed by atoms with Gasteiger partial charge in [0.1, 0.15) is 0 Å². The molecule has 0 N–H and O–H groups in total. The molecule has 0 heterocycles. The van der Waals surface area contributed by atoms with E-state index in [0.29, 0.717) is 6.42 Å². The van der Waals surface area contributed by atoms with Crippen LogP contribution in [-0.4, -0.2) is 11.0 Å². The number of nitrogens with zero attached hydrogens (tertiary/aromatic N) is 1. The summed E-state index contributed by atoms with van der Waals surface area (Å²) in [6, 6.07) is 9.27. The first-order valence-electron chi connectivity index (χ1n) is 5.81. The Morgan fingerprint density at radius 1 is 1.47 bits per heavy atom. The fraction of sp³-hybridized carbons (Fsp3) is 0.429. The summed E-state index contributed by atoms with van der Waals surface area (Å²) in [4.78, 5) is 10.9. The molecule has 3 heteroatoms. The van der Waals surface area contributed by atoms with E-state index in [9.17, 15) is 10.1 Å². The molecule has 17 heavy (non-hydrogen) atoms. The smallest absolute Gasteiger partial charge is 0.221 e. The van der Waals surface area contributed by atoms with Crippen molar-refractivity contribution in [3.8, 4) is 0 Å². The average molecular weight is 231 g/mol. The van der Waals surface area contributed by atoms with Crippen molar-refractivity contribution >= 4 is 0 Å². The molecule has 1 fully saturated rings. The van der Waals surface area contributed by atoms with Crippen molar-refractivity contribution in [2.45, 2.75) is 32.2 Å². The Kier molecular flexibility index (Phi) is 2.77. The summed E-state index contributed by atoms with van der Waals surface area (Å²) >= 11 is 0. The van der Waals surface area contributed by atoms with Gasteiger partial charge in [0.25, 0.3) is 0 Å². The van der Waals surface area contributed by atoms with Crippen LogP contribution in [0, 0.1) is 15.5 Å². The molecule has 0 amide bonds. The fourth-order valence-electron chi connectivity index (χ4n) is 2.83. The number of nitro groups is 1. The van der Waals surface area contributed by atoms with Crippen LogP contribution in [0.3, 0.4) is 0 Å². The molecule has 1 saturated carbocycles. The van der Waals surface area contributed by atoms with Crippen molar-refractivity contribution in [1.82, 2.24) is 0 Å². The number of allylic oxidation sites excluding steroid dienone is 1. The fourth-order valence-corrected chi connectivity index (χ4v) is 2.83. The molecular weight excluding hydrogens is 214 g/mol. The Labute approximate surface area is 101 Å². The summed E-state index contributed by atoms with van der Waals surface area (Å²) in [5.41, 5.74) is 1.94. The zero-order valence-corrected chi connectivity index (χ0v) is 10.2. The summed E-state index contributed by atoms with van der Waals surface area (Å²) < 4.78 is 0. The minimum Gasteiger partial charge on any atom is -0.264 e. The largest absolute Gasteiger partial charge is 0.264 e. The predicted molar refractivity (Wildman–Crippen MR) is 67.5 cm³/mol. The molecule has 0 radical (unpaired) electrons. The molecule has 0 aliphatic heterocycles. The highest BCUT2D eigenvalue weighted by Gasteiger charge is 2.58. The summed E-state index contributed by atoms with van der Waals surface area (Å²) in [5, 5.41) is 11.1. The second-order valence-corrected chi connectivity index (χ2v) is 5.14. The van der Waals surface area contributed by atoms with E-state index < -0.39 is 6.04 Å². The molecule has 1 aromatic rings. The molecular formula is C14H17NO2. The van der Waals surface area contributed by atoms with Crippen molar-refractivity contribution in [1.29, 1.82) is 0 Å². The summed E-state index contributed by atoms with van der Waals surface area (Å²) in [5.74, 6) is -0.0452. The van der Waals surface area contributed by atoms with Gasteiger partial charge in [0.15, 0.2) is 0 Å². The van der Waals surface area contributed by atoms with Gasteiger partial charge < -0.3 is 0 Å². The van der Waals surface area contributed by atoms with Crippen molar-refractivity contribution in [2.24, 2.45) is 5.41 Å². The van der Waals surface area contributed by atoms with E-state index in [1.165, 1.54) is 0 Å². The van der Waals surface area contributed by atoms with Crippen molar-refractivity contribution in [3.63, 3.8) is 0 Å². The second kappa shape index (κ2) is 3.99. The zero-order chi connectivity index (χ0) is 12.6. The quantitative estimate of drug-likeness (QED) is 0.454. The normalized spacial score (nSPS) is 31.6. The molecule has 3 atom stereocenters. The molecule has 0 saturated heterocycles. The number of benzene rings is 1. The topological polar surface area (TPSA) is 43.1 Å². The van der Waals surface area contributed by atoms with Crippen molar-refractivity contribution < 1.29 is 4.92 Å². The molecule has 1 aliphatic carbocycles. The number of rotatable bonds is 3. The van der Waals surface area contributed by atoms with Crippen LogP contribution in [0.15, 0.2) is 42.5 Å². The van der Waals surface area contributed by atoms with Gasteiger partial charge in [-0.15, -0.1) is 0 Å². The zero-order valence-electron chi connectivity index (χ0n) is 10.2. The van der Waals surface area contributed by atoms with E-state index in [1.54, 1.807) is 0 Å². The first kappa shape index (κ1) is 11.8. The molecule has 1 unspecified atom stereocenters. The van der Waals surface area contributed by atoms with E-state index in [-0.39, 0.29) is 16.3 Å². The lowest BCUT2D eigenvalue weighted by molar-refractivity contribution is -0.550. The summed E-state index contributed by atoms with van der Waals surface area (Å²) in [6.45, 7) is 8.04. The van der Waals surface area contributed by atoms with Gasteiger partial charge in [-0.05, 0) is 12.5 Å². The van der Waals surface area contributed by atoms with Crippen LogP contribution in [0.1, 0.15) is 31.7 Å². The first-order valence-corrected chi connectivity index (χ1v) is 5.81. The maximum Gasteiger partial charge on any atom is 0.221 e. The summed E-state index contributed by atoms with van der Waals surface area (Å²) in [6.07, 6.45) is 0.592. The predicted octanol–water partition coefficient (Wildman–Crippen LogP) is 3.40. The highest BCUT2D eigenvalue weighted by atomic mass is 16.6. The van der Waals surface area contributed by atoms with E-state index in [1.807, 2.05) is 37.3 Å². The van der Waals surface area contributed by atoms with Gasteiger partial charge in [-0.2, -0.15) is 0 Å². The van der Waals surface area contributed by atoms with Crippen LogP contribution < -0.4 is 0 Å². The Hall–Kier alpha value is -1.64. The summed E-state index contributed by atoms with van der Waals surface area (Å²) in [7, 11) is 0. The van der Waals surface area contributed by atoms with Crippen LogP contribution in [0.2, 0.25) is 0 Å². The molecule has 90 valence electrons. The average Bonchev–Trinajstić information content (AvgIpc) is 2.26. The lowest BCUT2D eigenvalue weighted by Gasteiger charge is -2.49. The van der Waals surface area contributed by atoms with Gasteiger partial charge in [-0.1, -0.05) is 49.4 Å². The Morgan fingerprint density at radius 3 is 2.53 bits per heavy atom. The molecule has 0 bridgehead atoms. The van der Waals surface area contributed by atoms with Crippen molar-refractivity contribution in [2.75, 3.05) is 0 Å². The lowest BCUT2D eigenvalue weighted by atomic mass is 9.53. The van der Waals surface area contributed by atoms with E-state index in [0.717, 1.165) is 11.1 Å². The Bertz CT molecular complexity index is 455. The van der Waals surface area contributed by atoms with Crippen LogP contribution in [-0.2, 0) is 0 Å². The minimum atomic E-state index is -0.473. The number of hydrogen-bond donors (Lipinski definition) is 0. The SMILES string of the molecule is C=C(C)C1(C)C[C@@H]([N+](=O)[O-])[C@@H]1c1ccccc1. The van der Waals surface area contributed by atoms with Gasteiger partial charge in [0.2, 0.25) is 6.04 Å². The third kappa shape index (κ3) is 1.75. The van der Waals surface area contributed by atoms with E-state index in [2.05, 4.69) is 13.5 Å². The van der Waals surface area contributed by atoms with Crippen LogP contribution in [0.5, 0.6) is 0 Å². The van der Waals surface area contributed by atoms with E-state index >= 15 is 0 Å². The maximum atomic E-state index is 11.1. The van der Waals surface area contributed by atoms with Gasteiger partial charge in [0.05, 0.1) is 5.92 Å². The monoisotopic (exact) mass is 231 g/mol. The van der Waals surface area contributed by atoms with Gasteiger partial charge in [0, 0.05) is 16.8 Å². The molecule has 3 nitrogen and oxygen atoms in total. The molecule has 0 aromatic heterocycles. The molecule has 0 spiro atoms. The standard InChI is InChI=1S/C14H17NO2/c1-10(2)14(3)9-12(15(16)17)13(14)11-7-5-4-6-8-11/h4-8,12-13H,1,9H2,2-3H3/t12-,13+,14?/m1/s1. The van der Waals surface area contributed by atoms with Crippen LogP contribution in [0.25, 0.3) is 0 Å².